The van der Waals surface area contributed by atoms with Gasteiger partial charge in [-0.05, 0) is 12.1 Å². The third-order valence-corrected chi connectivity index (χ3v) is 5.09. The molecule has 0 aliphatic heterocycles. The Bertz CT molecular complexity index is 1100. The van der Waals surface area contributed by atoms with Gasteiger partial charge in [-0.3, -0.25) is 9.48 Å². The predicted octanol–water partition coefficient (Wildman–Crippen LogP) is 4.47. The van der Waals surface area contributed by atoms with Gasteiger partial charge in [0.1, 0.15) is 10.6 Å². The molecule has 6 nitrogen and oxygen atoms in total. The molecule has 140 valence electrons. The lowest BCUT2D eigenvalue weighted by Crippen LogP contribution is -2.12. The minimum Gasteiger partial charge on any atom is -0.479 e. The smallest absolute Gasteiger partial charge is 0.262 e. The van der Waals surface area contributed by atoms with Gasteiger partial charge in [0.05, 0.1) is 12.8 Å². The largest absolute Gasteiger partial charge is 0.479 e. The maximum atomic E-state index is 12.5. The average Bonchev–Trinajstić information content (AvgIpc) is 3.36. The Balaban J connectivity index is 1.50. The zero-order chi connectivity index (χ0) is 19.5. The van der Waals surface area contributed by atoms with Crippen molar-refractivity contribution in [3.63, 3.8) is 0 Å². The first-order chi connectivity index (χ1) is 13.6. The Morgan fingerprint density at radius 1 is 1.07 bits per heavy atom. The number of rotatable bonds is 5. The number of nitrogens with one attached hydrogen (secondary N) is 1. The minimum absolute atomic E-state index is 0.266. The number of amides is 1. The molecule has 1 N–H and O–H groups in total. The molecule has 2 aromatic carbocycles. The van der Waals surface area contributed by atoms with E-state index in [9.17, 15) is 4.79 Å². The number of thiazole rings is 1. The van der Waals surface area contributed by atoms with E-state index >= 15 is 0 Å². The molecule has 28 heavy (non-hydrogen) atoms. The van der Waals surface area contributed by atoms with Gasteiger partial charge in [-0.25, -0.2) is 4.98 Å². The topological polar surface area (TPSA) is 69.0 Å². The molecule has 1 amide bonds. The van der Waals surface area contributed by atoms with Crippen LogP contribution in [0, 0.1) is 0 Å². The van der Waals surface area contributed by atoms with E-state index in [0.29, 0.717) is 17.1 Å². The van der Waals surface area contributed by atoms with Gasteiger partial charge >= 0.3 is 0 Å². The van der Waals surface area contributed by atoms with E-state index in [0.717, 1.165) is 21.8 Å². The van der Waals surface area contributed by atoms with E-state index < -0.39 is 0 Å². The Kier molecular flexibility index (Phi) is 4.90. The third-order valence-electron chi connectivity index (χ3n) is 4.20. The van der Waals surface area contributed by atoms with Crippen molar-refractivity contribution in [2.45, 2.75) is 0 Å². The van der Waals surface area contributed by atoms with Gasteiger partial charge in [0.25, 0.3) is 5.91 Å². The maximum Gasteiger partial charge on any atom is 0.262 e. The first-order valence-corrected chi connectivity index (χ1v) is 9.52. The fourth-order valence-corrected chi connectivity index (χ4v) is 3.65. The first-order valence-electron chi connectivity index (χ1n) is 8.64. The molecule has 4 rings (SSSR count). The summed E-state index contributed by atoms with van der Waals surface area (Å²) in [6.45, 7) is 0. The number of anilines is 1. The molecule has 0 bridgehead atoms. The molecular formula is C21H18N4O2S. The van der Waals surface area contributed by atoms with Crippen LogP contribution in [0.3, 0.4) is 0 Å². The molecule has 7 heteroatoms. The lowest BCUT2D eigenvalue weighted by molar-refractivity contribution is 0.102. The summed E-state index contributed by atoms with van der Waals surface area (Å²) in [5.74, 6) is 0.0326. The van der Waals surface area contributed by atoms with E-state index in [2.05, 4.69) is 10.4 Å². The molecule has 4 aromatic rings. The van der Waals surface area contributed by atoms with Crippen LogP contribution in [0.5, 0.6) is 5.88 Å². The molecule has 0 spiro atoms. The van der Waals surface area contributed by atoms with Gasteiger partial charge < -0.3 is 10.1 Å². The highest BCUT2D eigenvalue weighted by Crippen LogP contribution is 2.29. The maximum absolute atomic E-state index is 12.5. The van der Waals surface area contributed by atoms with Gasteiger partial charge in [-0.2, -0.15) is 0 Å². The lowest BCUT2D eigenvalue weighted by atomic mass is 10.1. The van der Waals surface area contributed by atoms with Crippen LogP contribution in [0.4, 0.5) is 5.69 Å². The van der Waals surface area contributed by atoms with Crippen molar-refractivity contribution in [1.82, 2.24) is 14.8 Å². The summed E-state index contributed by atoms with van der Waals surface area (Å²) in [6.07, 6.45) is 1.63. The van der Waals surface area contributed by atoms with Crippen LogP contribution in [0.15, 0.2) is 66.2 Å². The summed E-state index contributed by atoms with van der Waals surface area (Å²) >= 11 is 1.61. The van der Waals surface area contributed by atoms with Crippen molar-refractivity contribution in [2.75, 3.05) is 12.4 Å². The highest BCUT2D eigenvalue weighted by atomic mass is 32.1. The zero-order valence-corrected chi connectivity index (χ0v) is 16.2. The highest BCUT2D eigenvalue weighted by Gasteiger charge is 2.16. The van der Waals surface area contributed by atoms with Crippen molar-refractivity contribution >= 4 is 22.9 Å². The number of carbonyl (C=O) groups excluding carboxylic acids is 1. The lowest BCUT2D eigenvalue weighted by Gasteiger charge is -2.05. The van der Waals surface area contributed by atoms with E-state index in [1.807, 2.05) is 60.0 Å². The normalized spacial score (nSPS) is 10.6. The van der Waals surface area contributed by atoms with Crippen LogP contribution < -0.4 is 10.1 Å². The molecule has 0 unspecified atom stereocenters. The number of methoxy groups -OCH3 is 1. The number of aromatic nitrogens is 3. The van der Waals surface area contributed by atoms with E-state index in [1.165, 1.54) is 7.11 Å². The van der Waals surface area contributed by atoms with Crippen molar-refractivity contribution in [1.29, 1.82) is 0 Å². The molecule has 0 fully saturated rings. The second kappa shape index (κ2) is 7.66. The average molecular weight is 390 g/mol. The summed E-state index contributed by atoms with van der Waals surface area (Å²) in [5.41, 5.74) is 4.10. The van der Waals surface area contributed by atoms with Crippen LogP contribution >= 0.6 is 11.3 Å². The van der Waals surface area contributed by atoms with E-state index in [4.69, 9.17) is 9.72 Å². The number of benzene rings is 2. The molecule has 0 saturated heterocycles. The fraction of sp³-hybridized carbons (Fsp3) is 0.0952. The number of ether oxygens (including phenoxy) is 1. The Morgan fingerprint density at radius 2 is 1.82 bits per heavy atom. The van der Waals surface area contributed by atoms with Gasteiger partial charge in [-0.1, -0.05) is 42.5 Å². The Morgan fingerprint density at radius 3 is 2.54 bits per heavy atom. The summed E-state index contributed by atoms with van der Waals surface area (Å²) in [7, 11) is 3.23. The molecule has 0 atom stereocenters. The molecule has 2 heterocycles. The van der Waals surface area contributed by atoms with Gasteiger partial charge in [0.15, 0.2) is 0 Å². The number of hydrogen-bond donors (Lipinski definition) is 1. The van der Waals surface area contributed by atoms with Crippen molar-refractivity contribution in [3.05, 3.63) is 71.7 Å². The summed E-state index contributed by atoms with van der Waals surface area (Å²) in [5, 5.41) is 9.99. The molecule has 0 radical (unpaired) electrons. The highest BCUT2D eigenvalue weighted by molar-refractivity contribution is 7.13. The predicted molar refractivity (Wildman–Crippen MR) is 111 cm³/mol. The summed E-state index contributed by atoms with van der Waals surface area (Å²) in [4.78, 5) is 17.2. The minimum atomic E-state index is -0.266. The van der Waals surface area contributed by atoms with Gasteiger partial charge in [0, 0.05) is 35.4 Å². The standard InChI is InChI=1S/C21H18N4O2S/c1-25-12-17(20(24-25)27-2)19(26)22-16-10-8-14(9-11-16)18-13-28-21(23-18)15-6-4-3-5-7-15/h3-13H,1-2H3,(H,22,26). The van der Waals surface area contributed by atoms with Crippen LogP contribution in [-0.2, 0) is 7.05 Å². The van der Waals surface area contributed by atoms with Crippen LogP contribution in [0.25, 0.3) is 21.8 Å². The number of hydrogen-bond acceptors (Lipinski definition) is 5. The van der Waals surface area contributed by atoms with Crippen LogP contribution in [0.1, 0.15) is 10.4 Å². The first kappa shape index (κ1) is 17.9. The quantitative estimate of drug-likeness (QED) is 0.546. The second-order valence-electron chi connectivity index (χ2n) is 6.16. The SMILES string of the molecule is COc1nn(C)cc1C(=O)Nc1ccc(-c2csc(-c3ccccc3)n2)cc1. The molecule has 0 aliphatic rings. The third kappa shape index (κ3) is 3.65. The van der Waals surface area contributed by atoms with Crippen LogP contribution in [0.2, 0.25) is 0 Å². The van der Waals surface area contributed by atoms with Crippen molar-refractivity contribution in [3.8, 4) is 27.7 Å². The van der Waals surface area contributed by atoms with E-state index in [1.54, 1.807) is 29.3 Å². The summed E-state index contributed by atoms with van der Waals surface area (Å²) in [6, 6.07) is 17.7. The van der Waals surface area contributed by atoms with Gasteiger partial charge in [0.2, 0.25) is 5.88 Å². The van der Waals surface area contributed by atoms with Gasteiger partial charge in [-0.15, -0.1) is 16.4 Å². The summed E-state index contributed by atoms with van der Waals surface area (Å²) < 4.78 is 6.69. The molecule has 0 saturated carbocycles. The Labute approximate surface area is 166 Å². The van der Waals surface area contributed by atoms with Crippen LogP contribution in [-0.4, -0.2) is 27.8 Å². The van der Waals surface area contributed by atoms with E-state index in [-0.39, 0.29) is 5.91 Å². The molecule has 2 aromatic heterocycles. The van der Waals surface area contributed by atoms with Crippen molar-refractivity contribution in [2.24, 2.45) is 7.05 Å². The monoisotopic (exact) mass is 390 g/mol. The molecular weight excluding hydrogens is 372 g/mol. The second-order valence-corrected chi connectivity index (χ2v) is 7.02. The number of nitrogens with zero attached hydrogens (tertiary/aromatic N) is 3. The Hall–Kier alpha value is -3.45. The molecule has 0 aliphatic carbocycles. The zero-order valence-electron chi connectivity index (χ0n) is 15.4. The fourth-order valence-electron chi connectivity index (χ4n) is 2.82. The van der Waals surface area contributed by atoms with Crippen molar-refractivity contribution < 1.29 is 9.53 Å². The number of carbonyl (C=O) groups is 1. The number of aryl methyl sites for hydroxylation is 1.